The maximum atomic E-state index is 11.6. The van der Waals surface area contributed by atoms with Crippen molar-refractivity contribution in [1.82, 2.24) is 10.6 Å². The van der Waals surface area contributed by atoms with E-state index in [1.54, 1.807) is 0 Å². The van der Waals surface area contributed by atoms with Gasteiger partial charge >= 0.3 is 0 Å². The molecule has 0 aliphatic rings. The van der Waals surface area contributed by atoms with E-state index in [4.69, 9.17) is 0 Å². The van der Waals surface area contributed by atoms with E-state index >= 15 is 0 Å². The molecule has 0 aliphatic carbocycles. The van der Waals surface area contributed by atoms with Gasteiger partial charge in [-0.3, -0.25) is 9.59 Å². The fourth-order valence-electron chi connectivity index (χ4n) is 1.85. The van der Waals surface area contributed by atoms with Crippen molar-refractivity contribution in [3.63, 3.8) is 0 Å². The third-order valence-electron chi connectivity index (χ3n) is 3.06. The molecule has 0 heterocycles. The Morgan fingerprint density at radius 2 is 1.70 bits per heavy atom. The fraction of sp³-hybridized carbons (Fsp3) is 0.500. The highest BCUT2D eigenvalue weighted by Crippen LogP contribution is 2.03. The first-order chi connectivity index (χ1) is 9.58. The predicted octanol–water partition coefficient (Wildman–Crippen LogP) is 2.31. The van der Waals surface area contributed by atoms with Gasteiger partial charge in [0, 0.05) is 26.4 Å². The molecule has 110 valence electrons. The van der Waals surface area contributed by atoms with Gasteiger partial charge in [0.25, 0.3) is 0 Å². The first-order valence-electron chi connectivity index (χ1n) is 7.14. The van der Waals surface area contributed by atoms with Gasteiger partial charge in [-0.1, -0.05) is 36.2 Å². The second-order valence-corrected chi connectivity index (χ2v) is 5.06. The molecule has 1 rings (SSSR count). The maximum absolute atomic E-state index is 11.6. The Labute approximate surface area is 121 Å². The molecule has 2 N–H and O–H groups in total. The van der Waals surface area contributed by atoms with E-state index in [-0.39, 0.29) is 11.8 Å². The van der Waals surface area contributed by atoms with Crippen molar-refractivity contribution in [3.05, 3.63) is 35.4 Å². The zero-order valence-corrected chi connectivity index (χ0v) is 12.4. The van der Waals surface area contributed by atoms with Crippen molar-refractivity contribution in [2.24, 2.45) is 0 Å². The molecule has 1 aromatic rings. The lowest BCUT2D eigenvalue weighted by molar-refractivity contribution is -0.121. The van der Waals surface area contributed by atoms with E-state index in [0.717, 1.165) is 24.8 Å². The van der Waals surface area contributed by atoms with E-state index in [0.29, 0.717) is 19.5 Å². The summed E-state index contributed by atoms with van der Waals surface area (Å²) in [6, 6.07) is 8.15. The van der Waals surface area contributed by atoms with Crippen LogP contribution in [-0.2, 0) is 16.1 Å². The number of hydrogen-bond acceptors (Lipinski definition) is 2. The van der Waals surface area contributed by atoms with Gasteiger partial charge in [-0.15, -0.1) is 0 Å². The van der Waals surface area contributed by atoms with Gasteiger partial charge in [-0.25, -0.2) is 0 Å². The molecular weight excluding hydrogens is 252 g/mol. The molecule has 0 spiro atoms. The van der Waals surface area contributed by atoms with Crippen LogP contribution in [0.2, 0.25) is 0 Å². The second-order valence-electron chi connectivity index (χ2n) is 5.06. The Kier molecular flexibility index (Phi) is 7.40. The molecule has 0 atom stereocenters. The van der Waals surface area contributed by atoms with E-state index < -0.39 is 0 Å². The van der Waals surface area contributed by atoms with Gasteiger partial charge in [0.05, 0.1) is 0 Å². The highest BCUT2D eigenvalue weighted by Gasteiger charge is 2.01. The van der Waals surface area contributed by atoms with Crippen molar-refractivity contribution < 1.29 is 9.59 Å². The van der Waals surface area contributed by atoms with Crippen LogP contribution in [-0.4, -0.2) is 18.4 Å². The van der Waals surface area contributed by atoms with E-state index in [2.05, 4.69) is 10.6 Å². The van der Waals surface area contributed by atoms with Crippen molar-refractivity contribution in [3.8, 4) is 0 Å². The first kappa shape index (κ1) is 16.2. The number of carbonyl (C=O) groups is 2. The quantitative estimate of drug-likeness (QED) is 0.716. The zero-order valence-electron chi connectivity index (χ0n) is 12.4. The molecule has 0 bridgehead atoms. The second kappa shape index (κ2) is 9.13. The van der Waals surface area contributed by atoms with E-state index in [9.17, 15) is 9.59 Å². The van der Waals surface area contributed by atoms with Crippen molar-refractivity contribution >= 4 is 11.8 Å². The monoisotopic (exact) mass is 276 g/mol. The lowest BCUT2D eigenvalue weighted by Crippen LogP contribution is -2.23. The Hall–Kier alpha value is -1.84. The predicted molar refractivity (Wildman–Crippen MR) is 80.2 cm³/mol. The minimum Gasteiger partial charge on any atom is -0.356 e. The van der Waals surface area contributed by atoms with Crippen LogP contribution >= 0.6 is 0 Å². The molecule has 0 saturated heterocycles. The zero-order chi connectivity index (χ0) is 14.8. The number of rotatable bonds is 8. The third-order valence-corrected chi connectivity index (χ3v) is 3.06. The van der Waals surface area contributed by atoms with Crippen molar-refractivity contribution in [2.75, 3.05) is 6.54 Å². The highest BCUT2D eigenvalue weighted by molar-refractivity contribution is 5.75. The molecule has 4 heteroatoms. The SMILES string of the molecule is CC(=O)NCCCCCC(=O)NCc1ccc(C)cc1. The number of hydrogen-bond donors (Lipinski definition) is 2. The number of aryl methyl sites for hydroxylation is 1. The van der Waals surface area contributed by atoms with Crippen LogP contribution in [0, 0.1) is 6.92 Å². The molecule has 4 nitrogen and oxygen atoms in total. The number of carbonyl (C=O) groups excluding carboxylic acids is 2. The average Bonchev–Trinajstić information content (AvgIpc) is 2.41. The molecule has 20 heavy (non-hydrogen) atoms. The minimum atomic E-state index is 0.000779. The highest BCUT2D eigenvalue weighted by atomic mass is 16.2. The number of unbranched alkanes of at least 4 members (excludes halogenated alkanes) is 2. The summed E-state index contributed by atoms with van der Waals surface area (Å²) in [4.78, 5) is 22.3. The Balaban J connectivity index is 2.06. The van der Waals surface area contributed by atoms with Crippen LogP contribution in [0.1, 0.15) is 43.7 Å². The summed E-state index contributed by atoms with van der Waals surface area (Å²) in [5.41, 5.74) is 2.34. The number of amides is 2. The standard InChI is InChI=1S/C16H24N2O2/c1-13-7-9-15(10-8-13)12-18-16(20)6-4-3-5-11-17-14(2)19/h7-10H,3-6,11-12H2,1-2H3,(H,17,19)(H,18,20). The molecule has 0 saturated carbocycles. The van der Waals surface area contributed by atoms with E-state index in [1.807, 2.05) is 31.2 Å². The van der Waals surface area contributed by atoms with Crippen LogP contribution < -0.4 is 10.6 Å². The smallest absolute Gasteiger partial charge is 0.220 e. The summed E-state index contributed by atoms with van der Waals surface area (Å²) >= 11 is 0. The summed E-state index contributed by atoms with van der Waals surface area (Å²) in [5.74, 6) is 0.0888. The van der Waals surface area contributed by atoms with Gasteiger partial charge in [-0.2, -0.15) is 0 Å². The lowest BCUT2D eigenvalue weighted by atomic mass is 10.1. The summed E-state index contributed by atoms with van der Waals surface area (Å²) in [5, 5.41) is 5.66. The van der Waals surface area contributed by atoms with Gasteiger partial charge < -0.3 is 10.6 Å². The molecule has 0 radical (unpaired) electrons. The van der Waals surface area contributed by atoms with Crippen LogP contribution in [0.25, 0.3) is 0 Å². The maximum Gasteiger partial charge on any atom is 0.220 e. The van der Waals surface area contributed by atoms with Crippen molar-refractivity contribution in [2.45, 2.75) is 46.1 Å². The summed E-state index contributed by atoms with van der Waals surface area (Å²) < 4.78 is 0. The van der Waals surface area contributed by atoms with Crippen LogP contribution in [0.5, 0.6) is 0 Å². The summed E-state index contributed by atoms with van der Waals surface area (Å²) in [6.07, 6.45) is 3.29. The lowest BCUT2D eigenvalue weighted by Gasteiger charge is -2.06. The number of nitrogens with one attached hydrogen (secondary N) is 2. The Morgan fingerprint density at radius 1 is 1.00 bits per heavy atom. The van der Waals surface area contributed by atoms with Gasteiger partial charge in [0.15, 0.2) is 0 Å². The van der Waals surface area contributed by atoms with Crippen molar-refractivity contribution in [1.29, 1.82) is 0 Å². The first-order valence-corrected chi connectivity index (χ1v) is 7.14. The van der Waals surface area contributed by atoms with Crippen LogP contribution in [0.15, 0.2) is 24.3 Å². The van der Waals surface area contributed by atoms with Gasteiger partial charge in [-0.05, 0) is 25.3 Å². The molecule has 1 aromatic carbocycles. The Morgan fingerprint density at radius 3 is 2.35 bits per heavy atom. The topological polar surface area (TPSA) is 58.2 Å². The summed E-state index contributed by atoms with van der Waals surface area (Å²) in [6.45, 7) is 4.84. The normalized spacial score (nSPS) is 10.1. The molecular formula is C16H24N2O2. The Bertz CT molecular complexity index is 427. The van der Waals surface area contributed by atoms with E-state index in [1.165, 1.54) is 12.5 Å². The molecule has 2 amide bonds. The molecule has 0 aromatic heterocycles. The van der Waals surface area contributed by atoms with Crippen LogP contribution in [0.3, 0.4) is 0 Å². The average molecular weight is 276 g/mol. The largest absolute Gasteiger partial charge is 0.356 e. The van der Waals surface area contributed by atoms with Gasteiger partial charge in [0.2, 0.25) is 11.8 Å². The van der Waals surface area contributed by atoms with Crippen LogP contribution in [0.4, 0.5) is 0 Å². The molecule has 0 fully saturated rings. The minimum absolute atomic E-state index is 0.000779. The molecule has 0 unspecified atom stereocenters. The summed E-state index contributed by atoms with van der Waals surface area (Å²) in [7, 11) is 0. The molecule has 0 aliphatic heterocycles. The fourth-order valence-corrected chi connectivity index (χ4v) is 1.85. The third kappa shape index (κ3) is 7.56. The number of benzene rings is 1. The van der Waals surface area contributed by atoms with Gasteiger partial charge in [0.1, 0.15) is 0 Å².